The van der Waals surface area contributed by atoms with Crippen LogP contribution in [0.4, 0.5) is 5.13 Å². The summed E-state index contributed by atoms with van der Waals surface area (Å²) in [6.07, 6.45) is 0. The largest absolute Gasteiger partial charge is 0.507 e. The van der Waals surface area contributed by atoms with E-state index < -0.39 is 17.7 Å². The Kier molecular flexibility index (Phi) is 5.47. The second-order valence-electron chi connectivity index (χ2n) is 7.42. The molecule has 2 heterocycles. The molecule has 164 valence electrons. The third-order valence-corrected chi connectivity index (χ3v) is 6.98. The number of carbonyl (C=O) groups is 2. The minimum atomic E-state index is -0.833. The number of fused-ring (bicyclic) bond motifs is 1. The molecule has 0 radical (unpaired) electrons. The van der Waals surface area contributed by atoms with Gasteiger partial charge >= 0.3 is 5.91 Å². The average Bonchev–Trinajstić information content (AvgIpc) is 3.37. The van der Waals surface area contributed by atoms with Gasteiger partial charge in [-0.3, -0.25) is 14.5 Å². The number of amides is 1. The topological polar surface area (TPSA) is 79.7 Å². The van der Waals surface area contributed by atoms with E-state index in [1.807, 2.05) is 24.3 Å². The van der Waals surface area contributed by atoms with E-state index in [-0.39, 0.29) is 11.3 Å². The van der Waals surface area contributed by atoms with E-state index in [1.54, 1.807) is 55.6 Å². The summed E-state index contributed by atoms with van der Waals surface area (Å²) in [6, 6.07) is 20.6. The van der Waals surface area contributed by atoms with Crippen molar-refractivity contribution in [3.8, 4) is 5.75 Å². The number of benzene rings is 3. The van der Waals surface area contributed by atoms with Gasteiger partial charge in [-0.1, -0.05) is 69.7 Å². The normalized spacial score (nSPS) is 17.6. The van der Waals surface area contributed by atoms with E-state index in [9.17, 15) is 14.7 Å². The first-order valence-electron chi connectivity index (χ1n) is 10.0. The number of anilines is 1. The molecule has 8 heteroatoms. The number of ketones is 1. The van der Waals surface area contributed by atoms with Crippen molar-refractivity contribution in [1.82, 2.24) is 4.98 Å². The Bertz CT molecular complexity index is 1410. The van der Waals surface area contributed by atoms with Crippen molar-refractivity contribution < 1.29 is 19.4 Å². The van der Waals surface area contributed by atoms with Crippen LogP contribution in [0, 0.1) is 0 Å². The molecule has 6 nitrogen and oxygen atoms in total. The summed E-state index contributed by atoms with van der Waals surface area (Å²) in [7, 11) is 1.57. The number of hydrogen-bond donors (Lipinski definition) is 1. The smallest absolute Gasteiger partial charge is 0.301 e. The summed E-state index contributed by atoms with van der Waals surface area (Å²) in [5, 5.41) is 11.5. The minimum Gasteiger partial charge on any atom is -0.507 e. The molecule has 1 amide bonds. The summed E-state index contributed by atoms with van der Waals surface area (Å²) in [6.45, 7) is 0. The fourth-order valence-corrected chi connectivity index (χ4v) is 5.42. The second kappa shape index (κ2) is 8.46. The lowest BCUT2D eigenvalue weighted by atomic mass is 9.95. The lowest BCUT2D eigenvalue weighted by Gasteiger charge is -2.23. The zero-order chi connectivity index (χ0) is 23.1. The first kappa shape index (κ1) is 21.4. The average molecular weight is 521 g/mol. The quantitative estimate of drug-likeness (QED) is 0.212. The van der Waals surface area contributed by atoms with Crippen molar-refractivity contribution in [1.29, 1.82) is 0 Å². The Morgan fingerprint density at radius 1 is 1.06 bits per heavy atom. The lowest BCUT2D eigenvalue weighted by Crippen LogP contribution is -2.29. The van der Waals surface area contributed by atoms with Crippen molar-refractivity contribution >= 4 is 60.1 Å². The molecule has 0 spiro atoms. The fourth-order valence-electron chi connectivity index (χ4n) is 3.87. The number of hydrogen-bond acceptors (Lipinski definition) is 6. The molecule has 3 aromatic carbocycles. The zero-order valence-electron chi connectivity index (χ0n) is 17.4. The molecule has 1 aliphatic heterocycles. The van der Waals surface area contributed by atoms with Crippen molar-refractivity contribution in [3.05, 3.63) is 94.0 Å². The number of carbonyl (C=O) groups excluding carboxylic acids is 2. The first-order chi connectivity index (χ1) is 16.0. The molecule has 4 aromatic rings. The number of nitrogens with zero attached hydrogens (tertiary/aromatic N) is 2. The fraction of sp³-hybridized carbons (Fsp3) is 0.0800. The lowest BCUT2D eigenvalue weighted by molar-refractivity contribution is -0.132. The summed E-state index contributed by atoms with van der Waals surface area (Å²) < 4.78 is 7.02. The van der Waals surface area contributed by atoms with E-state index in [0.717, 1.165) is 14.7 Å². The number of rotatable bonds is 4. The van der Waals surface area contributed by atoms with Crippen LogP contribution in [0.2, 0.25) is 0 Å². The Labute approximate surface area is 201 Å². The predicted molar refractivity (Wildman–Crippen MR) is 132 cm³/mol. The standard InChI is InChI=1S/C25H17BrN2O4S/c1-32-17-10-7-14(8-11-17)21-20(22(29)15-5-3-2-4-6-15)23(30)24(31)28(21)25-27-18-12-9-16(26)13-19(18)33-25/h2-13,21,29H,1H3/t21-/m0/s1. The molecular formula is C25H17BrN2O4S. The monoisotopic (exact) mass is 520 g/mol. The maximum atomic E-state index is 13.3. The maximum absolute atomic E-state index is 13.3. The van der Waals surface area contributed by atoms with Gasteiger partial charge in [-0.2, -0.15) is 0 Å². The molecule has 0 bridgehead atoms. The number of halogens is 1. The van der Waals surface area contributed by atoms with Gasteiger partial charge in [-0.05, 0) is 35.9 Å². The van der Waals surface area contributed by atoms with Gasteiger partial charge in [-0.25, -0.2) is 4.98 Å². The van der Waals surface area contributed by atoms with Crippen LogP contribution in [-0.4, -0.2) is 28.9 Å². The van der Waals surface area contributed by atoms with Crippen molar-refractivity contribution in [2.45, 2.75) is 6.04 Å². The van der Waals surface area contributed by atoms with Gasteiger partial charge in [-0.15, -0.1) is 0 Å². The third kappa shape index (κ3) is 3.71. The summed E-state index contributed by atoms with van der Waals surface area (Å²) in [5.41, 5.74) is 1.86. The van der Waals surface area contributed by atoms with Gasteiger partial charge in [0.1, 0.15) is 11.5 Å². The molecule has 1 aliphatic rings. The number of aliphatic hydroxyl groups excluding tert-OH is 1. The number of aromatic nitrogens is 1. The Morgan fingerprint density at radius 2 is 1.79 bits per heavy atom. The van der Waals surface area contributed by atoms with E-state index in [4.69, 9.17) is 4.74 Å². The predicted octanol–water partition coefficient (Wildman–Crippen LogP) is 5.69. The number of methoxy groups -OCH3 is 1. The maximum Gasteiger partial charge on any atom is 0.301 e. The molecule has 33 heavy (non-hydrogen) atoms. The highest BCUT2D eigenvalue weighted by Crippen LogP contribution is 2.44. The molecule has 1 atom stereocenters. The minimum absolute atomic E-state index is 0.0248. The molecule has 0 aliphatic carbocycles. The molecule has 0 saturated carbocycles. The van der Waals surface area contributed by atoms with Crippen LogP contribution < -0.4 is 9.64 Å². The van der Waals surface area contributed by atoms with Crippen LogP contribution in [0.15, 0.2) is 82.8 Å². The van der Waals surface area contributed by atoms with E-state index in [2.05, 4.69) is 20.9 Å². The summed E-state index contributed by atoms with van der Waals surface area (Å²) >= 11 is 4.77. The zero-order valence-corrected chi connectivity index (χ0v) is 19.8. The molecular weight excluding hydrogens is 504 g/mol. The van der Waals surface area contributed by atoms with Crippen LogP contribution in [0.1, 0.15) is 17.2 Å². The van der Waals surface area contributed by atoms with Gasteiger partial charge in [0.25, 0.3) is 5.78 Å². The molecule has 1 saturated heterocycles. The van der Waals surface area contributed by atoms with Gasteiger partial charge in [0.15, 0.2) is 5.13 Å². The molecule has 5 rings (SSSR count). The SMILES string of the molecule is COc1ccc([C@H]2C(=C(O)c3ccccc3)C(=O)C(=O)N2c2nc3ccc(Br)cc3s2)cc1. The van der Waals surface area contributed by atoms with Crippen LogP contribution in [0.5, 0.6) is 5.75 Å². The summed E-state index contributed by atoms with van der Waals surface area (Å²) in [4.78, 5) is 32.5. The highest BCUT2D eigenvalue weighted by atomic mass is 79.9. The number of aliphatic hydroxyl groups is 1. The Balaban J connectivity index is 1.72. The number of ether oxygens (including phenoxy) is 1. The molecule has 0 unspecified atom stereocenters. The molecule has 1 aromatic heterocycles. The third-order valence-electron chi connectivity index (χ3n) is 5.47. The molecule has 1 fully saturated rings. The van der Waals surface area contributed by atoms with E-state index >= 15 is 0 Å². The van der Waals surface area contributed by atoms with Gasteiger partial charge in [0.2, 0.25) is 0 Å². The van der Waals surface area contributed by atoms with Crippen LogP contribution in [-0.2, 0) is 9.59 Å². The highest BCUT2D eigenvalue weighted by molar-refractivity contribution is 9.10. The van der Waals surface area contributed by atoms with Gasteiger partial charge < -0.3 is 9.84 Å². The number of Topliss-reactive ketones (excluding diaryl/α,β-unsaturated/α-hetero) is 1. The van der Waals surface area contributed by atoms with Crippen molar-refractivity contribution in [3.63, 3.8) is 0 Å². The number of thiazole rings is 1. The van der Waals surface area contributed by atoms with Crippen molar-refractivity contribution in [2.24, 2.45) is 0 Å². The Hall–Kier alpha value is -3.49. The van der Waals surface area contributed by atoms with E-state index in [1.165, 1.54) is 16.2 Å². The van der Waals surface area contributed by atoms with Crippen molar-refractivity contribution in [2.75, 3.05) is 12.0 Å². The van der Waals surface area contributed by atoms with Crippen LogP contribution in [0.3, 0.4) is 0 Å². The van der Waals surface area contributed by atoms with Gasteiger partial charge in [0.05, 0.1) is 28.9 Å². The second-order valence-corrected chi connectivity index (χ2v) is 9.34. The first-order valence-corrected chi connectivity index (χ1v) is 11.7. The van der Waals surface area contributed by atoms with E-state index in [0.29, 0.717) is 22.0 Å². The van der Waals surface area contributed by atoms with Gasteiger partial charge in [0, 0.05) is 10.0 Å². The Morgan fingerprint density at radius 3 is 2.48 bits per heavy atom. The molecule has 1 N–H and O–H groups in total. The van der Waals surface area contributed by atoms with Crippen LogP contribution in [0.25, 0.3) is 16.0 Å². The van der Waals surface area contributed by atoms with Crippen LogP contribution >= 0.6 is 27.3 Å². The highest BCUT2D eigenvalue weighted by Gasteiger charge is 2.48. The summed E-state index contributed by atoms with van der Waals surface area (Å²) in [5.74, 6) is -1.06.